The van der Waals surface area contributed by atoms with E-state index in [4.69, 9.17) is 5.73 Å². The van der Waals surface area contributed by atoms with E-state index in [-0.39, 0.29) is 5.56 Å². The zero-order chi connectivity index (χ0) is 10.1. The first-order chi connectivity index (χ1) is 5.96. The van der Waals surface area contributed by atoms with Crippen molar-refractivity contribution >= 4 is 0 Å². The maximum atomic E-state index is 12.2. The highest BCUT2D eigenvalue weighted by atomic mass is 19.4. The van der Waals surface area contributed by atoms with Crippen molar-refractivity contribution in [2.45, 2.75) is 25.6 Å². The Hall–Kier alpha value is -0.970. The van der Waals surface area contributed by atoms with Crippen LogP contribution in [-0.2, 0) is 6.18 Å². The zero-order valence-corrected chi connectivity index (χ0v) is 7.06. The average molecular weight is 193 g/mol. The van der Waals surface area contributed by atoms with Gasteiger partial charge < -0.3 is 10.2 Å². The molecule has 1 unspecified atom stereocenters. The van der Waals surface area contributed by atoms with Crippen LogP contribution in [0.2, 0.25) is 0 Å². The Morgan fingerprint density at radius 1 is 1.54 bits per heavy atom. The lowest BCUT2D eigenvalue weighted by atomic mass is 10.1. The van der Waals surface area contributed by atoms with Gasteiger partial charge in [0.2, 0.25) is 5.76 Å². The molecule has 2 nitrogen and oxygen atoms in total. The van der Waals surface area contributed by atoms with Gasteiger partial charge in [-0.25, -0.2) is 0 Å². The predicted octanol–water partition coefficient (Wildman–Crippen LogP) is 2.71. The fourth-order valence-corrected chi connectivity index (χ4v) is 1.06. The maximum absolute atomic E-state index is 12.2. The summed E-state index contributed by atoms with van der Waals surface area (Å²) in [6.45, 7) is 1.72. The van der Waals surface area contributed by atoms with E-state index >= 15 is 0 Å². The van der Waals surface area contributed by atoms with E-state index in [2.05, 4.69) is 4.42 Å². The molecule has 1 rings (SSSR count). The van der Waals surface area contributed by atoms with Crippen molar-refractivity contribution in [2.24, 2.45) is 5.73 Å². The van der Waals surface area contributed by atoms with E-state index in [0.717, 1.165) is 6.26 Å². The summed E-state index contributed by atoms with van der Waals surface area (Å²) in [5.74, 6) is -0.984. The summed E-state index contributed by atoms with van der Waals surface area (Å²) < 4.78 is 41.0. The van der Waals surface area contributed by atoms with E-state index in [9.17, 15) is 13.2 Å². The van der Waals surface area contributed by atoms with Crippen LogP contribution in [0.1, 0.15) is 30.7 Å². The molecular weight excluding hydrogens is 183 g/mol. The van der Waals surface area contributed by atoms with Gasteiger partial charge in [0.1, 0.15) is 0 Å². The summed E-state index contributed by atoms with van der Waals surface area (Å²) in [6.07, 6.45) is -3.00. The lowest BCUT2D eigenvalue weighted by Crippen LogP contribution is -2.14. The van der Waals surface area contributed by atoms with Crippen molar-refractivity contribution < 1.29 is 17.6 Å². The van der Waals surface area contributed by atoms with Crippen LogP contribution in [0, 0.1) is 0 Å². The molecular formula is C8H10F3NO. The van der Waals surface area contributed by atoms with Crippen molar-refractivity contribution in [2.75, 3.05) is 0 Å². The highest BCUT2D eigenvalue weighted by molar-refractivity contribution is 5.23. The average Bonchev–Trinajstić information content (AvgIpc) is 2.49. The molecule has 0 fully saturated rings. The minimum atomic E-state index is -4.45. The van der Waals surface area contributed by atoms with Crippen LogP contribution >= 0.6 is 0 Å². The normalized spacial score (nSPS) is 14.5. The standard InChI is InChI=1S/C8H10F3NO/c1-2-6(12)5-3-4-13-7(5)8(9,10)11/h3-4,6H,2,12H2,1H3. The SMILES string of the molecule is CCC(N)c1ccoc1C(F)(F)F. The van der Waals surface area contributed by atoms with Crippen LogP contribution in [0.25, 0.3) is 0 Å². The number of rotatable bonds is 2. The van der Waals surface area contributed by atoms with Crippen LogP contribution in [-0.4, -0.2) is 0 Å². The number of alkyl halides is 3. The van der Waals surface area contributed by atoms with Crippen molar-refractivity contribution in [3.05, 3.63) is 23.7 Å². The van der Waals surface area contributed by atoms with Gasteiger partial charge in [-0.2, -0.15) is 13.2 Å². The molecule has 0 radical (unpaired) electrons. The first-order valence-electron chi connectivity index (χ1n) is 3.87. The van der Waals surface area contributed by atoms with Crippen molar-refractivity contribution in [1.29, 1.82) is 0 Å². The van der Waals surface area contributed by atoms with E-state index in [0.29, 0.717) is 6.42 Å². The molecule has 0 aliphatic rings. The summed E-state index contributed by atoms with van der Waals surface area (Å²) in [7, 11) is 0. The number of hydrogen-bond donors (Lipinski definition) is 1. The highest BCUT2D eigenvalue weighted by Gasteiger charge is 2.38. The minimum absolute atomic E-state index is 0.0231. The Kier molecular flexibility index (Phi) is 2.66. The van der Waals surface area contributed by atoms with Crippen LogP contribution in [0.5, 0.6) is 0 Å². The minimum Gasteiger partial charge on any atom is -0.459 e. The van der Waals surface area contributed by atoms with E-state index in [1.165, 1.54) is 6.07 Å². The molecule has 74 valence electrons. The van der Waals surface area contributed by atoms with Gasteiger partial charge in [-0.3, -0.25) is 0 Å². The fourth-order valence-electron chi connectivity index (χ4n) is 1.06. The Morgan fingerprint density at radius 2 is 2.15 bits per heavy atom. The van der Waals surface area contributed by atoms with Gasteiger partial charge in [-0.1, -0.05) is 6.92 Å². The molecule has 0 aromatic carbocycles. The number of furan rings is 1. The van der Waals surface area contributed by atoms with Gasteiger partial charge in [-0.05, 0) is 12.5 Å². The van der Waals surface area contributed by atoms with Crippen molar-refractivity contribution in [3.8, 4) is 0 Å². The summed E-state index contributed by atoms with van der Waals surface area (Å²) in [5.41, 5.74) is 5.50. The molecule has 1 heterocycles. The Bertz CT molecular complexity index is 279. The van der Waals surface area contributed by atoms with Gasteiger partial charge in [0, 0.05) is 11.6 Å². The molecule has 0 saturated carbocycles. The summed E-state index contributed by atoms with van der Waals surface area (Å²) >= 11 is 0. The third kappa shape index (κ3) is 2.03. The molecule has 1 atom stereocenters. The lowest BCUT2D eigenvalue weighted by Gasteiger charge is -2.10. The Morgan fingerprint density at radius 3 is 2.62 bits per heavy atom. The first kappa shape index (κ1) is 10.1. The van der Waals surface area contributed by atoms with Gasteiger partial charge in [-0.15, -0.1) is 0 Å². The predicted molar refractivity (Wildman–Crippen MR) is 40.9 cm³/mol. The number of nitrogens with two attached hydrogens (primary N) is 1. The molecule has 1 aromatic rings. The second-order valence-corrected chi connectivity index (χ2v) is 2.72. The smallest absolute Gasteiger partial charge is 0.449 e. The quantitative estimate of drug-likeness (QED) is 0.784. The van der Waals surface area contributed by atoms with E-state index in [1.54, 1.807) is 6.92 Å². The largest absolute Gasteiger partial charge is 0.459 e. The fraction of sp³-hybridized carbons (Fsp3) is 0.500. The second kappa shape index (κ2) is 3.41. The molecule has 13 heavy (non-hydrogen) atoms. The van der Waals surface area contributed by atoms with Crippen LogP contribution < -0.4 is 5.73 Å². The van der Waals surface area contributed by atoms with E-state index in [1.807, 2.05) is 0 Å². The van der Waals surface area contributed by atoms with Gasteiger partial charge in [0.15, 0.2) is 0 Å². The summed E-state index contributed by atoms with van der Waals surface area (Å²) in [5, 5.41) is 0. The number of hydrogen-bond acceptors (Lipinski definition) is 2. The molecule has 0 bridgehead atoms. The third-order valence-electron chi connectivity index (χ3n) is 1.79. The molecule has 1 aromatic heterocycles. The molecule has 2 N–H and O–H groups in total. The van der Waals surface area contributed by atoms with Crippen molar-refractivity contribution in [1.82, 2.24) is 0 Å². The highest BCUT2D eigenvalue weighted by Crippen LogP contribution is 2.35. The Balaban J connectivity index is 3.03. The summed E-state index contributed by atoms with van der Waals surface area (Å²) in [6, 6.07) is 0.646. The molecule has 5 heteroatoms. The molecule has 0 aliphatic heterocycles. The van der Waals surface area contributed by atoms with Crippen LogP contribution in [0.4, 0.5) is 13.2 Å². The Labute approximate surface area is 73.5 Å². The van der Waals surface area contributed by atoms with Crippen molar-refractivity contribution in [3.63, 3.8) is 0 Å². The van der Waals surface area contributed by atoms with Gasteiger partial charge in [0.05, 0.1) is 6.26 Å². The van der Waals surface area contributed by atoms with Crippen LogP contribution in [0.3, 0.4) is 0 Å². The third-order valence-corrected chi connectivity index (χ3v) is 1.79. The zero-order valence-electron chi connectivity index (χ0n) is 7.06. The molecule has 0 amide bonds. The van der Waals surface area contributed by atoms with Gasteiger partial charge >= 0.3 is 6.18 Å². The molecule has 0 spiro atoms. The lowest BCUT2D eigenvalue weighted by molar-refractivity contribution is -0.153. The van der Waals surface area contributed by atoms with E-state index < -0.39 is 18.0 Å². The van der Waals surface area contributed by atoms with Gasteiger partial charge in [0.25, 0.3) is 0 Å². The molecule has 0 saturated heterocycles. The van der Waals surface area contributed by atoms with Crippen LogP contribution in [0.15, 0.2) is 16.7 Å². The number of halogens is 3. The first-order valence-corrected chi connectivity index (χ1v) is 3.87. The monoisotopic (exact) mass is 193 g/mol. The topological polar surface area (TPSA) is 39.2 Å². The second-order valence-electron chi connectivity index (χ2n) is 2.72. The molecule has 0 aliphatic carbocycles. The summed E-state index contributed by atoms with van der Waals surface area (Å²) in [4.78, 5) is 0. The maximum Gasteiger partial charge on any atom is 0.449 e.